The number of hydrogen-bond acceptors (Lipinski definition) is 2. The van der Waals surface area contributed by atoms with Gasteiger partial charge in [0.2, 0.25) is 0 Å². The lowest BCUT2D eigenvalue weighted by atomic mass is 10.2. The first kappa shape index (κ1) is 14.6. The summed E-state index contributed by atoms with van der Waals surface area (Å²) in [6.07, 6.45) is 0. The Kier molecular flexibility index (Phi) is 3.88. The number of benzene rings is 1. The summed E-state index contributed by atoms with van der Waals surface area (Å²) in [7, 11) is 0. The third-order valence-electron chi connectivity index (χ3n) is 3.06. The highest BCUT2D eigenvalue weighted by Crippen LogP contribution is 2.16. The van der Waals surface area contributed by atoms with Crippen molar-refractivity contribution in [2.45, 2.75) is 13.8 Å². The van der Waals surface area contributed by atoms with Gasteiger partial charge in [0.05, 0.1) is 22.3 Å². The molecule has 104 valence electrons. The molecule has 2 aromatic heterocycles. The number of fused-ring (bicyclic) bond motifs is 1. The number of H-pyrrole nitrogens is 1. The SMILES string of the molecule is Cc1cc2[nH]n(-c3ccc(Cl)cc3)c(=O)c2c(C)n1.Cl. The fraction of sp³-hybridized carbons (Fsp3) is 0.143. The molecule has 0 spiro atoms. The largest absolute Gasteiger partial charge is 0.290 e. The van der Waals surface area contributed by atoms with Gasteiger partial charge in [0, 0.05) is 10.7 Å². The lowest BCUT2D eigenvalue weighted by Gasteiger charge is -2.00. The van der Waals surface area contributed by atoms with Crippen LogP contribution in [-0.4, -0.2) is 14.8 Å². The molecule has 0 saturated heterocycles. The van der Waals surface area contributed by atoms with Gasteiger partial charge in [-0.25, -0.2) is 4.68 Å². The Morgan fingerprint density at radius 2 is 1.85 bits per heavy atom. The van der Waals surface area contributed by atoms with Crippen LogP contribution in [0.4, 0.5) is 0 Å². The minimum absolute atomic E-state index is 0. The van der Waals surface area contributed by atoms with E-state index in [0.29, 0.717) is 10.4 Å². The summed E-state index contributed by atoms with van der Waals surface area (Å²) in [6.45, 7) is 3.75. The molecular formula is C14H13Cl2N3O. The highest BCUT2D eigenvalue weighted by molar-refractivity contribution is 6.30. The normalized spacial score (nSPS) is 10.6. The minimum atomic E-state index is -0.0951. The summed E-state index contributed by atoms with van der Waals surface area (Å²) in [5.74, 6) is 0. The van der Waals surface area contributed by atoms with Crippen molar-refractivity contribution in [2.75, 3.05) is 0 Å². The smallest absolute Gasteiger partial charge is 0.280 e. The van der Waals surface area contributed by atoms with Crippen LogP contribution in [0.1, 0.15) is 11.4 Å². The molecule has 20 heavy (non-hydrogen) atoms. The summed E-state index contributed by atoms with van der Waals surface area (Å²) in [5.41, 5.74) is 3.08. The quantitative estimate of drug-likeness (QED) is 0.749. The number of aromatic nitrogens is 3. The van der Waals surface area contributed by atoms with Crippen molar-refractivity contribution in [1.29, 1.82) is 0 Å². The molecule has 1 N–H and O–H groups in total. The Labute approximate surface area is 126 Å². The van der Waals surface area contributed by atoms with E-state index < -0.39 is 0 Å². The van der Waals surface area contributed by atoms with E-state index in [1.807, 2.05) is 19.9 Å². The van der Waals surface area contributed by atoms with E-state index >= 15 is 0 Å². The van der Waals surface area contributed by atoms with Crippen molar-refractivity contribution in [3.05, 3.63) is 57.1 Å². The van der Waals surface area contributed by atoms with Crippen LogP contribution in [0.25, 0.3) is 16.6 Å². The lowest BCUT2D eigenvalue weighted by Crippen LogP contribution is -2.14. The summed E-state index contributed by atoms with van der Waals surface area (Å²) in [5, 5.41) is 4.37. The molecule has 3 rings (SSSR count). The molecule has 0 amide bonds. The van der Waals surface area contributed by atoms with Crippen molar-refractivity contribution < 1.29 is 0 Å². The second kappa shape index (κ2) is 5.31. The molecule has 1 aromatic carbocycles. The molecule has 0 aliphatic heterocycles. The van der Waals surface area contributed by atoms with Crippen molar-refractivity contribution in [3.8, 4) is 5.69 Å². The van der Waals surface area contributed by atoms with Gasteiger partial charge in [0.1, 0.15) is 0 Å². The van der Waals surface area contributed by atoms with Gasteiger partial charge in [-0.2, -0.15) is 0 Å². The second-order valence-electron chi connectivity index (χ2n) is 4.50. The van der Waals surface area contributed by atoms with Gasteiger partial charge in [-0.15, -0.1) is 12.4 Å². The standard InChI is InChI=1S/C14H12ClN3O.ClH/c1-8-7-12-13(9(2)16-8)14(19)18(17-12)11-5-3-10(15)4-6-11;/h3-7,17H,1-2H3;1H. The number of aryl methyl sites for hydroxylation is 2. The first-order valence-electron chi connectivity index (χ1n) is 5.91. The van der Waals surface area contributed by atoms with Crippen molar-refractivity contribution in [1.82, 2.24) is 14.8 Å². The zero-order valence-electron chi connectivity index (χ0n) is 11.0. The molecule has 0 aliphatic rings. The molecule has 0 radical (unpaired) electrons. The average molecular weight is 310 g/mol. The maximum atomic E-state index is 12.4. The first-order valence-corrected chi connectivity index (χ1v) is 6.29. The first-order chi connectivity index (χ1) is 9.06. The number of nitrogens with zero attached hydrogens (tertiary/aromatic N) is 2. The molecule has 0 unspecified atom stereocenters. The Morgan fingerprint density at radius 1 is 1.20 bits per heavy atom. The highest BCUT2D eigenvalue weighted by Gasteiger charge is 2.11. The van der Waals surface area contributed by atoms with Crippen LogP contribution >= 0.6 is 24.0 Å². The number of nitrogens with one attached hydrogen (secondary N) is 1. The van der Waals surface area contributed by atoms with E-state index in [0.717, 1.165) is 22.6 Å². The van der Waals surface area contributed by atoms with Crippen LogP contribution in [0.2, 0.25) is 5.02 Å². The fourth-order valence-electron chi connectivity index (χ4n) is 2.24. The topological polar surface area (TPSA) is 50.7 Å². The van der Waals surface area contributed by atoms with Crippen LogP contribution in [0, 0.1) is 13.8 Å². The fourth-order valence-corrected chi connectivity index (χ4v) is 2.37. The number of aromatic amines is 1. The molecule has 0 saturated carbocycles. The van der Waals surface area contributed by atoms with Crippen LogP contribution in [0.5, 0.6) is 0 Å². The summed E-state index contributed by atoms with van der Waals surface area (Å²) < 4.78 is 1.51. The average Bonchev–Trinajstić information content (AvgIpc) is 2.67. The van der Waals surface area contributed by atoms with E-state index in [1.54, 1.807) is 24.3 Å². The number of rotatable bonds is 1. The molecule has 0 fully saturated rings. The predicted molar refractivity (Wildman–Crippen MR) is 83.4 cm³/mol. The van der Waals surface area contributed by atoms with E-state index in [9.17, 15) is 4.79 Å². The molecule has 0 aliphatic carbocycles. The number of halogens is 2. The Bertz CT molecular complexity index is 819. The van der Waals surface area contributed by atoms with Gasteiger partial charge < -0.3 is 0 Å². The highest BCUT2D eigenvalue weighted by atomic mass is 35.5. The van der Waals surface area contributed by atoms with E-state index in [4.69, 9.17) is 11.6 Å². The van der Waals surface area contributed by atoms with Gasteiger partial charge in [0.15, 0.2) is 0 Å². The van der Waals surface area contributed by atoms with Crippen LogP contribution in [0.3, 0.4) is 0 Å². The van der Waals surface area contributed by atoms with Gasteiger partial charge in [-0.3, -0.25) is 14.9 Å². The van der Waals surface area contributed by atoms with Crippen molar-refractivity contribution >= 4 is 34.9 Å². The zero-order chi connectivity index (χ0) is 13.6. The number of hydrogen-bond donors (Lipinski definition) is 1. The molecule has 3 aromatic rings. The number of pyridine rings is 1. The van der Waals surface area contributed by atoms with E-state index in [2.05, 4.69) is 10.1 Å². The van der Waals surface area contributed by atoms with E-state index in [-0.39, 0.29) is 18.0 Å². The Morgan fingerprint density at radius 3 is 2.50 bits per heavy atom. The van der Waals surface area contributed by atoms with Crippen molar-refractivity contribution in [3.63, 3.8) is 0 Å². The summed E-state index contributed by atoms with van der Waals surface area (Å²) in [4.78, 5) is 16.7. The third kappa shape index (κ3) is 2.32. The second-order valence-corrected chi connectivity index (χ2v) is 4.94. The Hall–Kier alpha value is -1.78. The summed E-state index contributed by atoms with van der Waals surface area (Å²) >= 11 is 5.86. The van der Waals surface area contributed by atoms with Gasteiger partial charge in [-0.1, -0.05) is 11.6 Å². The van der Waals surface area contributed by atoms with Gasteiger partial charge in [-0.05, 0) is 44.2 Å². The lowest BCUT2D eigenvalue weighted by molar-refractivity contribution is 0.863. The monoisotopic (exact) mass is 309 g/mol. The molecule has 0 bridgehead atoms. The third-order valence-corrected chi connectivity index (χ3v) is 3.31. The molecule has 4 nitrogen and oxygen atoms in total. The van der Waals surface area contributed by atoms with Crippen LogP contribution < -0.4 is 5.56 Å². The molecule has 2 heterocycles. The zero-order valence-corrected chi connectivity index (χ0v) is 12.5. The predicted octanol–water partition coefficient (Wildman–Crippen LogP) is 3.41. The minimum Gasteiger partial charge on any atom is -0.290 e. The summed E-state index contributed by atoms with van der Waals surface area (Å²) in [6, 6.07) is 8.98. The van der Waals surface area contributed by atoms with Crippen LogP contribution in [0.15, 0.2) is 35.1 Å². The van der Waals surface area contributed by atoms with Gasteiger partial charge in [0.25, 0.3) is 5.56 Å². The van der Waals surface area contributed by atoms with Crippen molar-refractivity contribution in [2.24, 2.45) is 0 Å². The maximum absolute atomic E-state index is 12.4. The van der Waals surface area contributed by atoms with E-state index in [1.165, 1.54) is 4.68 Å². The molecular weight excluding hydrogens is 297 g/mol. The molecule has 6 heteroatoms. The van der Waals surface area contributed by atoms with Gasteiger partial charge >= 0.3 is 0 Å². The molecule has 0 atom stereocenters. The van der Waals surface area contributed by atoms with Crippen LogP contribution in [-0.2, 0) is 0 Å². The maximum Gasteiger partial charge on any atom is 0.280 e. The Balaban J connectivity index is 0.00000147.